The van der Waals surface area contributed by atoms with Crippen molar-refractivity contribution in [3.63, 3.8) is 0 Å². The number of aromatic nitrogens is 1. The molecule has 3 heterocycles. The summed E-state index contributed by atoms with van der Waals surface area (Å²) in [5.41, 5.74) is 7.55. The van der Waals surface area contributed by atoms with Crippen LogP contribution in [0.25, 0.3) is 11.1 Å². The summed E-state index contributed by atoms with van der Waals surface area (Å²) in [4.78, 5) is 45.4. The van der Waals surface area contributed by atoms with E-state index in [1.807, 2.05) is 0 Å². The summed E-state index contributed by atoms with van der Waals surface area (Å²) in [5.74, 6) is -1.28. The number of rotatable bonds is 8. The molecular formula is C23H24FN5O6. The summed E-state index contributed by atoms with van der Waals surface area (Å²) in [6.45, 7) is 1.59. The van der Waals surface area contributed by atoms with Crippen molar-refractivity contribution in [3.05, 3.63) is 48.0 Å². The third-order valence-electron chi connectivity index (χ3n) is 5.42. The van der Waals surface area contributed by atoms with Crippen LogP contribution < -0.4 is 16.0 Å². The molecule has 4 rings (SSSR count). The summed E-state index contributed by atoms with van der Waals surface area (Å²) >= 11 is 0. The van der Waals surface area contributed by atoms with Gasteiger partial charge in [-0.25, -0.2) is 9.18 Å². The zero-order valence-corrected chi connectivity index (χ0v) is 18.9. The summed E-state index contributed by atoms with van der Waals surface area (Å²) < 4.78 is 25.1. The molecule has 1 aromatic carbocycles. The highest BCUT2D eigenvalue weighted by atomic mass is 19.1. The predicted molar refractivity (Wildman–Crippen MR) is 122 cm³/mol. The molecule has 1 unspecified atom stereocenters. The number of cyclic esters (lactones) is 1. The van der Waals surface area contributed by atoms with Gasteiger partial charge in [-0.15, -0.1) is 0 Å². The lowest BCUT2D eigenvalue weighted by molar-refractivity contribution is -0.145. The van der Waals surface area contributed by atoms with Crippen LogP contribution in [0, 0.1) is 5.82 Å². The molecule has 0 saturated carbocycles. The fourth-order valence-electron chi connectivity index (χ4n) is 3.64. The van der Waals surface area contributed by atoms with Gasteiger partial charge in [0.25, 0.3) is 0 Å². The van der Waals surface area contributed by atoms with Crippen molar-refractivity contribution >= 4 is 29.4 Å². The van der Waals surface area contributed by atoms with Gasteiger partial charge in [0.1, 0.15) is 24.2 Å². The van der Waals surface area contributed by atoms with E-state index in [1.54, 1.807) is 24.3 Å². The second kappa shape index (κ2) is 10.5. The third-order valence-corrected chi connectivity index (χ3v) is 5.42. The van der Waals surface area contributed by atoms with Crippen LogP contribution in [0.4, 0.5) is 14.9 Å². The Labute approximate surface area is 200 Å². The fraction of sp³-hybridized carbons (Fsp3) is 0.348. The summed E-state index contributed by atoms with van der Waals surface area (Å²) in [6.07, 6.45) is 0.393. The first-order chi connectivity index (χ1) is 16.8. The van der Waals surface area contributed by atoms with Crippen LogP contribution in [-0.2, 0) is 23.9 Å². The van der Waals surface area contributed by atoms with Crippen LogP contribution in [0.15, 0.2) is 41.7 Å². The van der Waals surface area contributed by atoms with Crippen LogP contribution in [-0.4, -0.2) is 67.1 Å². The normalized spacial score (nSPS) is 19.1. The molecule has 11 nitrogen and oxygen atoms in total. The van der Waals surface area contributed by atoms with Gasteiger partial charge in [0.15, 0.2) is 6.10 Å². The molecule has 2 amide bonds. The number of hydrogen-bond acceptors (Lipinski definition) is 9. The zero-order chi connectivity index (χ0) is 24.9. The zero-order valence-electron chi connectivity index (χ0n) is 18.9. The van der Waals surface area contributed by atoms with Crippen molar-refractivity contribution in [1.82, 2.24) is 10.3 Å². The minimum absolute atomic E-state index is 0.0389. The van der Waals surface area contributed by atoms with Gasteiger partial charge in [0.2, 0.25) is 5.91 Å². The van der Waals surface area contributed by atoms with E-state index in [2.05, 4.69) is 15.5 Å². The molecule has 12 heteroatoms. The Hall–Kier alpha value is -4.06. The second-order valence-corrected chi connectivity index (χ2v) is 8.01. The number of oxime groups is 1. The van der Waals surface area contributed by atoms with Crippen LogP contribution in [0.5, 0.6) is 0 Å². The van der Waals surface area contributed by atoms with Gasteiger partial charge in [-0.3, -0.25) is 19.5 Å². The average molecular weight is 485 g/mol. The lowest BCUT2D eigenvalue weighted by Crippen LogP contribution is -2.33. The SMILES string of the molecule is CC(=O)NC[C@H]1CN(c2ccc(-c3ccc(C4=NOC(COC(=O)CN)C4)nc3)c(F)c2)C(=O)O1. The van der Waals surface area contributed by atoms with Crippen molar-refractivity contribution in [3.8, 4) is 11.1 Å². The molecule has 1 saturated heterocycles. The maximum Gasteiger partial charge on any atom is 0.414 e. The van der Waals surface area contributed by atoms with Crippen molar-refractivity contribution in [2.24, 2.45) is 10.9 Å². The number of pyridine rings is 1. The van der Waals surface area contributed by atoms with Gasteiger partial charge in [-0.1, -0.05) is 11.2 Å². The molecular weight excluding hydrogens is 461 g/mol. The number of carbonyl (C=O) groups is 3. The molecule has 2 atom stereocenters. The van der Waals surface area contributed by atoms with Gasteiger partial charge in [-0.05, 0) is 24.3 Å². The molecule has 0 spiro atoms. The molecule has 1 aromatic heterocycles. The molecule has 0 radical (unpaired) electrons. The summed E-state index contributed by atoms with van der Waals surface area (Å²) in [6, 6.07) is 7.85. The molecule has 184 valence electrons. The van der Waals surface area contributed by atoms with Crippen molar-refractivity contribution in [1.29, 1.82) is 0 Å². The second-order valence-electron chi connectivity index (χ2n) is 8.01. The highest BCUT2D eigenvalue weighted by Crippen LogP contribution is 2.29. The van der Waals surface area contributed by atoms with Crippen LogP contribution >= 0.6 is 0 Å². The number of esters is 1. The maximum absolute atomic E-state index is 14.9. The number of benzene rings is 1. The number of nitrogens with zero attached hydrogens (tertiary/aromatic N) is 3. The molecule has 1 fully saturated rings. The van der Waals surface area contributed by atoms with E-state index in [-0.39, 0.29) is 32.1 Å². The number of anilines is 1. The molecule has 3 N–H and O–H groups in total. The molecule has 0 bridgehead atoms. The first-order valence-corrected chi connectivity index (χ1v) is 10.9. The van der Waals surface area contributed by atoms with E-state index in [1.165, 1.54) is 24.1 Å². The number of nitrogens with two attached hydrogens (primary N) is 1. The minimum Gasteiger partial charge on any atom is -0.461 e. The fourth-order valence-corrected chi connectivity index (χ4v) is 3.64. The average Bonchev–Trinajstić information content (AvgIpc) is 3.48. The standard InChI is InChI=1S/C23H24FN5O6/c1-13(30)26-10-17-11-29(23(32)34-17)15-3-4-18(19(24)6-15)14-2-5-20(27-9-14)21-7-16(35-28-21)12-33-22(31)8-25/h2-6,9,16-17H,7-8,10-12,25H2,1H3,(H,26,30)/t16?,17-/m0/s1. The smallest absolute Gasteiger partial charge is 0.414 e. The predicted octanol–water partition coefficient (Wildman–Crippen LogP) is 1.34. The number of nitrogens with one attached hydrogen (secondary N) is 1. The number of carbonyl (C=O) groups excluding carboxylic acids is 3. The van der Waals surface area contributed by atoms with Crippen LogP contribution in [0.3, 0.4) is 0 Å². The number of amides is 2. The van der Waals surface area contributed by atoms with E-state index < -0.39 is 30.1 Å². The highest BCUT2D eigenvalue weighted by Gasteiger charge is 2.32. The Morgan fingerprint density at radius 1 is 1.29 bits per heavy atom. The lowest BCUT2D eigenvalue weighted by Gasteiger charge is -2.14. The third kappa shape index (κ3) is 5.72. The first-order valence-electron chi connectivity index (χ1n) is 10.9. The van der Waals surface area contributed by atoms with E-state index in [4.69, 9.17) is 20.0 Å². The Morgan fingerprint density at radius 3 is 2.80 bits per heavy atom. The van der Waals surface area contributed by atoms with Gasteiger partial charge in [-0.2, -0.15) is 0 Å². The monoisotopic (exact) mass is 485 g/mol. The van der Waals surface area contributed by atoms with Crippen LogP contribution in [0.1, 0.15) is 19.0 Å². The van der Waals surface area contributed by atoms with E-state index in [0.29, 0.717) is 34.6 Å². The van der Waals surface area contributed by atoms with Gasteiger partial charge in [0.05, 0.1) is 31.0 Å². The Kier molecular flexibility index (Phi) is 7.20. The molecule has 0 aliphatic carbocycles. The molecule has 2 aromatic rings. The van der Waals surface area contributed by atoms with E-state index in [9.17, 15) is 18.8 Å². The number of halogens is 1. The molecule has 2 aliphatic heterocycles. The van der Waals surface area contributed by atoms with E-state index >= 15 is 0 Å². The maximum atomic E-state index is 14.9. The number of hydrogen-bond donors (Lipinski definition) is 2. The Balaban J connectivity index is 1.39. The van der Waals surface area contributed by atoms with E-state index in [0.717, 1.165) is 0 Å². The largest absolute Gasteiger partial charge is 0.461 e. The lowest BCUT2D eigenvalue weighted by atomic mass is 10.0. The van der Waals surface area contributed by atoms with Gasteiger partial charge < -0.3 is 25.4 Å². The Morgan fingerprint density at radius 2 is 2.11 bits per heavy atom. The van der Waals surface area contributed by atoms with Crippen molar-refractivity contribution < 1.29 is 33.1 Å². The van der Waals surface area contributed by atoms with Gasteiger partial charge >= 0.3 is 12.1 Å². The van der Waals surface area contributed by atoms with Crippen molar-refractivity contribution in [2.45, 2.75) is 25.6 Å². The minimum atomic E-state index is -0.603. The Bertz CT molecular complexity index is 1160. The summed E-state index contributed by atoms with van der Waals surface area (Å²) in [7, 11) is 0. The highest BCUT2D eigenvalue weighted by molar-refractivity contribution is 5.99. The first kappa shape index (κ1) is 24.1. The van der Waals surface area contributed by atoms with Crippen LogP contribution in [0.2, 0.25) is 0 Å². The topological polar surface area (TPSA) is 145 Å². The molecule has 35 heavy (non-hydrogen) atoms. The van der Waals surface area contributed by atoms with Crippen molar-refractivity contribution in [2.75, 3.05) is 31.1 Å². The number of ether oxygens (including phenoxy) is 2. The summed E-state index contributed by atoms with van der Waals surface area (Å²) in [5, 5.41) is 6.59. The molecule has 2 aliphatic rings. The van der Waals surface area contributed by atoms with Gasteiger partial charge in [0, 0.05) is 30.7 Å². The quantitative estimate of drug-likeness (QED) is 0.533.